The lowest BCUT2D eigenvalue weighted by atomic mass is 9.77. The van der Waals surface area contributed by atoms with Crippen LogP contribution in [0.25, 0.3) is 0 Å². The van der Waals surface area contributed by atoms with E-state index in [1.54, 1.807) is 12.1 Å². The summed E-state index contributed by atoms with van der Waals surface area (Å²) in [6.07, 6.45) is 1.48. The van der Waals surface area contributed by atoms with Gasteiger partial charge in [-0.15, -0.1) is 0 Å². The number of amides is 1. The number of aromatic hydroxyl groups is 1. The van der Waals surface area contributed by atoms with Gasteiger partial charge in [0.1, 0.15) is 34.2 Å². The largest absolute Gasteiger partial charge is 0.506 e. The van der Waals surface area contributed by atoms with Crippen molar-refractivity contribution in [3.8, 4) is 5.75 Å². The molecule has 0 bridgehead atoms. The van der Waals surface area contributed by atoms with Gasteiger partial charge in [0.05, 0.1) is 16.8 Å². The Morgan fingerprint density at radius 3 is 1.74 bits per heavy atom. The van der Waals surface area contributed by atoms with Crippen LogP contribution in [0.1, 0.15) is 119 Å². The van der Waals surface area contributed by atoms with Crippen LogP contribution in [0, 0.1) is 5.82 Å². The van der Waals surface area contributed by atoms with Crippen molar-refractivity contribution in [1.29, 1.82) is 0 Å². The number of benzene rings is 3. The van der Waals surface area contributed by atoms with Gasteiger partial charge >= 0.3 is 18.4 Å². The van der Waals surface area contributed by atoms with Crippen LogP contribution in [0.5, 0.6) is 5.75 Å². The molecule has 6 atom stereocenters. The smallest absolute Gasteiger partial charge is 0.416 e. The number of sulfonamides is 1. The SMILES string of the molecule is CC(C)(C)OC(=O)N[C@H]1CC[C@H](c2cccc(C(F)(F)F)c2)C[C@@H]1N1CCCC1.O=CO.O=S(=O)(Nc1ccncn1)c1cc(O)c(N[C@H]2CC[C@H](c3cccc(C(F)(F)F)c3)C[C@@H]2N2CCCC2)cc1F. The number of halogens is 7. The third-order valence-electron chi connectivity index (χ3n) is 13.4. The number of alkyl halides is 6. The number of hydrogen-bond acceptors (Lipinski definition) is 11. The van der Waals surface area contributed by atoms with Crippen LogP contribution in [-0.4, -0.2) is 107 Å². The van der Waals surface area contributed by atoms with Crippen LogP contribution < -0.4 is 15.4 Å². The van der Waals surface area contributed by atoms with Gasteiger partial charge in [-0.1, -0.05) is 36.4 Å². The van der Waals surface area contributed by atoms with E-state index in [0.717, 1.165) is 107 Å². The molecule has 1 amide bonds. The van der Waals surface area contributed by atoms with Gasteiger partial charge in [0.15, 0.2) is 0 Å². The van der Waals surface area contributed by atoms with Crippen molar-refractivity contribution >= 4 is 34.1 Å². The summed E-state index contributed by atoms with van der Waals surface area (Å²) >= 11 is 0. The molecule has 0 radical (unpaired) electrons. The van der Waals surface area contributed by atoms with Crippen molar-refractivity contribution in [3.63, 3.8) is 0 Å². The van der Waals surface area contributed by atoms with Crippen molar-refractivity contribution < 1.29 is 63.7 Å². The molecule has 8 rings (SSSR count). The Bertz CT molecular complexity index is 2540. The molecular formula is C50H62F7N7O7S. The van der Waals surface area contributed by atoms with Gasteiger partial charge in [0, 0.05) is 42.5 Å². The fourth-order valence-corrected chi connectivity index (χ4v) is 11.3. The first kappa shape index (κ1) is 55.6. The van der Waals surface area contributed by atoms with E-state index in [9.17, 15) is 44.7 Å². The molecule has 2 saturated heterocycles. The maximum Gasteiger partial charge on any atom is 0.416 e. The molecule has 2 saturated carbocycles. The van der Waals surface area contributed by atoms with Gasteiger partial charge in [0.25, 0.3) is 16.5 Å². The Balaban J connectivity index is 0.000000234. The average molecular weight is 1040 g/mol. The monoisotopic (exact) mass is 1040 g/mol. The molecule has 0 spiro atoms. The number of carbonyl (C=O) groups is 2. The van der Waals surface area contributed by atoms with Crippen molar-refractivity contribution in [3.05, 3.63) is 107 Å². The van der Waals surface area contributed by atoms with E-state index < -0.39 is 61.7 Å². The maximum atomic E-state index is 15.1. The Labute approximate surface area is 414 Å². The molecule has 0 unspecified atom stereocenters. The van der Waals surface area contributed by atoms with Crippen molar-refractivity contribution in [2.75, 3.05) is 36.2 Å². The van der Waals surface area contributed by atoms with Gasteiger partial charge in [0.2, 0.25) is 0 Å². The highest BCUT2D eigenvalue weighted by molar-refractivity contribution is 7.92. The molecule has 2 aliphatic carbocycles. The third-order valence-corrected chi connectivity index (χ3v) is 14.8. The van der Waals surface area contributed by atoms with Crippen LogP contribution in [0.15, 0.2) is 84.1 Å². The fraction of sp³-hybridized carbons (Fsp3) is 0.520. The standard InChI is InChI=1S/C27H29F4N5O3S.C22H31F3N2O2.CH2O2/c28-20-14-22(24(37)15-25(20)40(38,39)35-26-8-9-32-16-33-26)34-21-7-6-18(13-23(21)36-10-1-2-11-36)17-4-3-5-19(12-17)27(29,30)31;1-21(2,3)29-20(28)26-18-10-9-16(14-19(18)27-11-4-5-12-27)15-7-6-8-17(13-15)22(23,24)25;2-1-3/h3-5,8-9,12,14-16,18,21,23,34,37H,1-2,6-7,10-11,13H2,(H,32,33,35);6-8,13,16,18-19H,4-5,9-12,14H2,1-3H3,(H,26,28);1H,(H,2,3)/t18-,21-,23-;16-,18-,19-;/m00./s1. The van der Waals surface area contributed by atoms with Gasteiger partial charge < -0.3 is 25.6 Å². The van der Waals surface area contributed by atoms with Crippen LogP contribution in [0.4, 0.5) is 47.0 Å². The van der Waals surface area contributed by atoms with Crippen molar-refractivity contribution in [2.45, 2.75) is 144 Å². The first-order valence-corrected chi connectivity index (χ1v) is 25.4. The molecule has 2 aliphatic heterocycles. The summed E-state index contributed by atoms with van der Waals surface area (Å²) in [5.74, 6) is -1.58. The summed E-state index contributed by atoms with van der Waals surface area (Å²) in [6.45, 7) is 8.84. The Morgan fingerprint density at radius 1 is 0.764 bits per heavy atom. The summed E-state index contributed by atoms with van der Waals surface area (Å²) in [5.41, 5.74) is -0.418. The number of carboxylic acid groups (broad SMARTS) is 1. The minimum Gasteiger partial charge on any atom is -0.506 e. The number of phenols is 1. The summed E-state index contributed by atoms with van der Waals surface area (Å²) < 4.78 is 128. The Kier molecular flexibility index (Phi) is 18.4. The number of carbonyl (C=O) groups excluding carboxylic acids is 1. The quantitative estimate of drug-likeness (QED) is 0.0576. The van der Waals surface area contributed by atoms with E-state index in [1.165, 1.54) is 36.5 Å². The molecule has 4 fully saturated rings. The van der Waals surface area contributed by atoms with Crippen molar-refractivity contribution in [1.82, 2.24) is 25.1 Å². The molecule has 1 aromatic heterocycles. The summed E-state index contributed by atoms with van der Waals surface area (Å²) in [7, 11) is -4.38. The number of hydrogen-bond donors (Lipinski definition) is 5. The number of rotatable bonds is 10. The highest BCUT2D eigenvalue weighted by Gasteiger charge is 2.40. The molecule has 72 heavy (non-hydrogen) atoms. The fourth-order valence-electron chi connectivity index (χ4n) is 10.2. The van der Waals surface area contributed by atoms with E-state index in [-0.39, 0.29) is 54.0 Å². The van der Waals surface area contributed by atoms with E-state index in [1.807, 2.05) is 20.8 Å². The van der Waals surface area contributed by atoms with Crippen LogP contribution in [0.3, 0.4) is 0 Å². The van der Waals surface area contributed by atoms with Gasteiger partial charge in [-0.25, -0.2) is 27.6 Å². The Hall–Kier alpha value is -5.74. The number of alkyl carbamates (subject to hydrolysis) is 1. The molecule has 4 aliphatic rings. The van der Waals surface area contributed by atoms with Crippen LogP contribution in [0.2, 0.25) is 0 Å². The van der Waals surface area contributed by atoms with Crippen LogP contribution >= 0.6 is 0 Å². The highest BCUT2D eigenvalue weighted by atomic mass is 32.2. The molecule has 394 valence electrons. The van der Waals surface area contributed by atoms with E-state index in [0.29, 0.717) is 24.8 Å². The third kappa shape index (κ3) is 15.2. The summed E-state index contributed by atoms with van der Waals surface area (Å²) in [5, 5.41) is 23.8. The maximum absolute atomic E-state index is 15.1. The lowest BCUT2D eigenvalue weighted by molar-refractivity contribution is -0.138. The molecule has 22 heteroatoms. The summed E-state index contributed by atoms with van der Waals surface area (Å²) in [4.78, 5) is 32.1. The van der Waals surface area contributed by atoms with Gasteiger partial charge in [-0.2, -0.15) is 26.3 Å². The predicted molar refractivity (Wildman–Crippen MR) is 255 cm³/mol. The number of nitrogens with zero attached hydrogens (tertiary/aromatic N) is 4. The molecule has 3 heterocycles. The second kappa shape index (κ2) is 23.9. The zero-order valence-electron chi connectivity index (χ0n) is 40.2. The minimum atomic E-state index is -4.42. The lowest BCUT2D eigenvalue weighted by Gasteiger charge is -2.42. The first-order chi connectivity index (χ1) is 34.0. The summed E-state index contributed by atoms with van der Waals surface area (Å²) in [6, 6.07) is 14.0. The van der Waals surface area contributed by atoms with E-state index in [4.69, 9.17) is 14.6 Å². The predicted octanol–water partition coefficient (Wildman–Crippen LogP) is 10.4. The number of ether oxygens (including phenoxy) is 1. The molecule has 5 N–H and O–H groups in total. The zero-order chi connectivity index (χ0) is 52.4. The molecular weight excluding hydrogens is 976 g/mol. The Morgan fingerprint density at radius 2 is 1.26 bits per heavy atom. The van der Waals surface area contributed by atoms with Gasteiger partial charge in [-0.05, 0) is 152 Å². The topological polar surface area (TPSA) is 186 Å². The number of aromatic nitrogens is 2. The zero-order valence-corrected chi connectivity index (χ0v) is 41.0. The lowest BCUT2D eigenvalue weighted by Crippen LogP contribution is -2.54. The number of likely N-dealkylation sites (tertiary alicyclic amines) is 2. The molecule has 4 aromatic rings. The number of anilines is 2. The van der Waals surface area contributed by atoms with Crippen molar-refractivity contribution in [2.24, 2.45) is 0 Å². The normalized spacial score (nSPS) is 23.1. The van der Waals surface area contributed by atoms with E-state index in [2.05, 4.69) is 35.1 Å². The molecule has 14 nitrogen and oxygen atoms in total. The van der Waals surface area contributed by atoms with E-state index >= 15 is 4.39 Å². The number of phenolic OH excluding ortho intramolecular Hbond substituents is 1. The second-order valence-electron chi connectivity index (χ2n) is 19.5. The number of nitrogens with one attached hydrogen (secondary N) is 3. The minimum absolute atomic E-state index is 0.0465. The first-order valence-electron chi connectivity index (χ1n) is 23.9. The average Bonchev–Trinajstić information content (AvgIpc) is 4.07. The second-order valence-corrected chi connectivity index (χ2v) is 21.1. The molecule has 3 aromatic carbocycles. The highest BCUT2D eigenvalue weighted by Crippen LogP contribution is 2.42. The van der Waals surface area contributed by atoms with Gasteiger partial charge in [-0.3, -0.25) is 19.3 Å². The van der Waals surface area contributed by atoms with Crippen LogP contribution in [-0.2, 0) is 31.9 Å².